The Morgan fingerprint density at radius 1 is 0.767 bits per heavy atom. The number of halogens is 2. The number of imide groups is 1. The molecule has 0 aromatic heterocycles. The molecule has 150 valence electrons. The normalized spacial score (nSPS) is 13.9. The van der Waals surface area contributed by atoms with Gasteiger partial charge in [-0.3, -0.25) is 14.5 Å². The van der Waals surface area contributed by atoms with Crippen molar-refractivity contribution in [2.24, 2.45) is 0 Å². The van der Waals surface area contributed by atoms with Crippen LogP contribution in [-0.4, -0.2) is 16.7 Å². The van der Waals surface area contributed by atoms with Gasteiger partial charge in [0.1, 0.15) is 5.70 Å². The van der Waals surface area contributed by atoms with Gasteiger partial charge in [-0.1, -0.05) is 65.2 Å². The Balaban J connectivity index is 1.72. The summed E-state index contributed by atoms with van der Waals surface area (Å²) >= 11 is 12.0. The van der Waals surface area contributed by atoms with E-state index in [1.54, 1.807) is 48.5 Å². The fraction of sp³-hybridized carbons (Fsp3) is 0.0833. The molecular formula is C24H18Cl2N2O2. The first-order valence-electron chi connectivity index (χ1n) is 9.37. The van der Waals surface area contributed by atoms with Crippen LogP contribution in [0.25, 0.3) is 5.57 Å². The summed E-state index contributed by atoms with van der Waals surface area (Å²) in [5, 5.41) is 4.30. The van der Waals surface area contributed by atoms with E-state index in [1.807, 2.05) is 31.2 Å². The molecule has 4 nitrogen and oxygen atoms in total. The van der Waals surface area contributed by atoms with Gasteiger partial charge in [0.2, 0.25) is 0 Å². The minimum Gasteiger partial charge on any atom is -0.350 e. The lowest BCUT2D eigenvalue weighted by Crippen LogP contribution is -2.32. The molecule has 0 saturated carbocycles. The summed E-state index contributed by atoms with van der Waals surface area (Å²) in [5.74, 6) is -0.729. The van der Waals surface area contributed by atoms with E-state index in [0.717, 1.165) is 16.8 Å². The summed E-state index contributed by atoms with van der Waals surface area (Å²) in [5.41, 5.74) is 3.85. The summed E-state index contributed by atoms with van der Waals surface area (Å²) in [4.78, 5) is 27.8. The van der Waals surface area contributed by atoms with Crippen molar-refractivity contribution in [3.8, 4) is 0 Å². The molecule has 3 aromatic carbocycles. The number of aryl methyl sites for hydroxylation is 1. The van der Waals surface area contributed by atoms with Crippen LogP contribution < -0.4 is 5.32 Å². The van der Waals surface area contributed by atoms with Crippen molar-refractivity contribution < 1.29 is 9.59 Å². The fourth-order valence-corrected chi connectivity index (χ4v) is 3.53. The number of nitrogens with one attached hydrogen (secondary N) is 1. The Morgan fingerprint density at radius 3 is 1.93 bits per heavy atom. The van der Waals surface area contributed by atoms with E-state index in [9.17, 15) is 9.59 Å². The molecule has 1 N–H and O–H groups in total. The summed E-state index contributed by atoms with van der Waals surface area (Å²) < 4.78 is 0. The van der Waals surface area contributed by atoms with Crippen LogP contribution in [0.2, 0.25) is 10.0 Å². The van der Waals surface area contributed by atoms with E-state index in [4.69, 9.17) is 23.2 Å². The first kappa shape index (κ1) is 20.2. The number of amides is 2. The standard InChI is InChI=1S/C24H18Cl2N2O2/c1-15-2-12-20(13-3-15)27-22-21(17-6-10-19(26)11-7-17)23(29)28(24(22)30)14-16-4-8-18(25)9-5-16/h2-13,27H,14H2,1H3. The third kappa shape index (κ3) is 4.11. The van der Waals surface area contributed by atoms with E-state index in [0.29, 0.717) is 21.2 Å². The van der Waals surface area contributed by atoms with Crippen LogP contribution in [-0.2, 0) is 16.1 Å². The molecule has 1 aliphatic heterocycles. The number of hydrogen-bond donors (Lipinski definition) is 1. The number of carbonyl (C=O) groups is 2. The molecule has 0 atom stereocenters. The third-order valence-corrected chi connectivity index (χ3v) is 5.38. The topological polar surface area (TPSA) is 49.4 Å². The van der Waals surface area contributed by atoms with Crippen LogP contribution >= 0.6 is 23.2 Å². The van der Waals surface area contributed by atoms with E-state index in [-0.39, 0.29) is 24.1 Å². The highest BCUT2D eigenvalue weighted by Gasteiger charge is 2.39. The van der Waals surface area contributed by atoms with Crippen LogP contribution in [0.15, 0.2) is 78.5 Å². The minimum absolute atomic E-state index is 0.158. The molecule has 1 heterocycles. The Kier molecular flexibility index (Phi) is 5.62. The molecule has 4 rings (SSSR count). The Hall–Kier alpha value is -3.08. The molecule has 6 heteroatoms. The first-order valence-corrected chi connectivity index (χ1v) is 10.1. The molecule has 2 amide bonds. The van der Waals surface area contributed by atoms with Gasteiger partial charge in [0, 0.05) is 15.7 Å². The monoisotopic (exact) mass is 436 g/mol. The van der Waals surface area contributed by atoms with Crippen molar-refractivity contribution in [3.05, 3.63) is 105 Å². The zero-order chi connectivity index (χ0) is 21.3. The van der Waals surface area contributed by atoms with Crippen LogP contribution in [0.1, 0.15) is 16.7 Å². The average molecular weight is 437 g/mol. The summed E-state index contributed by atoms with van der Waals surface area (Å²) in [7, 11) is 0. The molecule has 0 aliphatic carbocycles. The molecule has 0 radical (unpaired) electrons. The fourth-order valence-electron chi connectivity index (χ4n) is 3.27. The van der Waals surface area contributed by atoms with Gasteiger partial charge in [-0.05, 0) is 54.4 Å². The van der Waals surface area contributed by atoms with Gasteiger partial charge in [-0.25, -0.2) is 0 Å². The van der Waals surface area contributed by atoms with Crippen molar-refractivity contribution in [1.29, 1.82) is 0 Å². The van der Waals surface area contributed by atoms with Gasteiger partial charge in [0.05, 0.1) is 12.1 Å². The van der Waals surface area contributed by atoms with Gasteiger partial charge < -0.3 is 5.32 Å². The van der Waals surface area contributed by atoms with Gasteiger partial charge in [0.15, 0.2) is 0 Å². The molecule has 30 heavy (non-hydrogen) atoms. The largest absolute Gasteiger partial charge is 0.350 e. The summed E-state index contributed by atoms with van der Waals surface area (Å²) in [6.45, 7) is 2.14. The smallest absolute Gasteiger partial charge is 0.278 e. The zero-order valence-corrected chi connectivity index (χ0v) is 17.7. The van der Waals surface area contributed by atoms with Crippen LogP contribution in [0.4, 0.5) is 5.69 Å². The van der Waals surface area contributed by atoms with E-state index < -0.39 is 0 Å². The van der Waals surface area contributed by atoms with Crippen LogP contribution in [0.3, 0.4) is 0 Å². The third-order valence-electron chi connectivity index (χ3n) is 4.88. The first-order chi connectivity index (χ1) is 14.4. The number of benzene rings is 3. The number of carbonyl (C=O) groups excluding carboxylic acids is 2. The predicted molar refractivity (Wildman–Crippen MR) is 120 cm³/mol. The molecule has 0 fully saturated rings. The highest BCUT2D eigenvalue weighted by atomic mass is 35.5. The van der Waals surface area contributed by atoms with Crippen molar-refractivity contribution in [2.45, 2.75) is 13.5 Å². The average Bonchev–Trinajstić information content (AvgIpc) is 2.96. The van der Waals surface area contributed by atoms with Crippen LogP contribution in [0.5, 0.6) is 0 Å². The van der Waals surface area contributed by atoms with E-state index in [2.05, 4.69) is 5.32 Å². The zero-order valence-electron chi connectivity index (χ0n) is 16.2. The van der Waals surface area contributed by atoms with Gasteiger partial charge in [0.25, 0.3) is 11.8 Å². The number of rotatable bonds is 5. The van der Waals surface area contributed by atoms with E-state index in [1.165, 1.54) is 4.90 Å². The molecule has 0 spiro atoms. The van der Waals surface area contributed by atoms with Gasteiger partial charge >= 0.3 is 0 Å². The molecule has 3 aromatic rings. The molecular weight excluding hydrogens is 419 g/mol. The summed E-state index contributed by atoms with van der Waals surface area (Å²) in [6.07, 6.45) is 0. The van der Waals surface area contributed by atoms with Crippen molar-refractivity contribution in [3.63, 3.8) is 0 Å². The second-order valence-electron chi connectivity index (χ2n) is 7.07. The highest BCUT2D eigenvalue weighted by Crippen LogP contribution is 2.32. The second kappa shape index (κ2) is 8.34. The second-order valence-corrected chi connectivity index (χ2v) is 7.94. The Bertz CT molecular complexity index is 1140. The Labute approximate surface area is 184 Å². The number of hydrogen-bond acceptors (Lipinski definition) is 3. The molecule has 0 unspecified atom stereocenters. The van der Waals surface area contributed by atoms with Crippen molar-refractivity contribution >= 4 is 46.3 Å². The lowest BCUT2D eigenvalue weighted by atomic mass is 10.0. The predicted octanol–water partition coefficient (Wildman–Crippen LogP) is 5.69. The van der Waals surface area contributed by atoms with E-state index >= 15 is 0 Å². The lowest BCUT2D eigenvalue weighted by Gasteiger charge is -2.15. The molecule has 1 aliphatic rings. The summed E-state index contributed by atoms with van der Waals surface area (Å²) in [6, 6.07) is 21.6. The lowest BCUT2D eigenvalue weighted by molar-refractivity contribution is -0.137. The van der Waals surface area contributed by atoms with Crippen LogP contribution in [0, 0.1) is 6.92 Å². The van der Waals surface area contributed by atoms with Gasteiger partial charge in [-0.15, -0.1) is 0 Å². The highest BCUT2D eigenvalue weighted by molar-refractivity contribution is 6.37. The SMILES string of the molecule is Cc1ccc(NC2=C(c3ccc(Cl)cc3)C(=O)N(Cc3ccc(Cl)cc3)C2=O)cc1. The minimum atomic E-state index is -0.375. The number of nitrogens with zero attached hydrogens (tertiary/aromatic N) is 1. The van der Waals surface area contributed by atoms with Gasteiger partial charge in [-0.2, -0.15) is 0 Å². The number of anilines is 1. The Morgan fingerprint density at radius 2 is 1.33 bits per heavy atom. The maximum absolute atomic E-state index is 13.3. The quantitative estimate of drug-likeness (QED) is 0.522. The van der Waals surface area contributed by atoms with Crippen molar-refractivity contribution in [2.75, 3.05) is 5.32 Å². The maximum atomic E-state index is 13.3. The maximum Gasteiger partial charge on any atom is 0.278 e. The van der Waals surface area contributed by atoms with Crippen molar-refractivity contribution in [1.82, 2.24) is 4.90 Å². The molecule has 0 saturated heterocycles. The molecule has 0 bridgehead atoms.